The van der Waals surface area contributed by atoms with E-state index in [4.69, 9.17) is 5.73 Å². The molecule has 0 rings (SSSR count). The van der Waals surface area contributed by atoms with Crippen LogP contribution in [0.4, 0.5) is 0 Å². The summed E-state index contributed by atoms with van der Waals surface area (Å²) in [6, 6.07) is 0.156. The molecule has 0 aliphatic carbocycles. The molecule has 0 aromatic heterocycles. The van der Waals surface area contributed by atoms with Crippen molar-refractivity contribution in [3.63, 3.8) is 0 Å². The highest BCUT2D eigenvalue weighted by atomic mass is 14.6. The summed E-state index contributed by atoms with van der Waals surface area (Å²) in [5.74, 6) is 1.16. The van der Waals surface area contributed by atoms with E-state index in [9.17, 15) is 0 Å². The fourth-order valence-corrected chi connectivity index (χ4v) is 0.968. The van der Waals surface area contributed by atoms with Crippen LogP contribution in [0.3, 0.4) is 0 Å². The minimum atomic E-state index is 0.156. The molecule has 0 radical (unpaired) electrons. The molecule has 0 aliphatic heterocycles. The molecule has 0 aromatic carbocycles. The van der Waals surface area contributed by atoms with Gasteiger partial charge in [0.15, 0.2) is 0 Å². The Labute approximate surface area is 76.3 Å². The molecule has 0 bridgehead atoms. The quantitative estimate of drug-likeness (QED) is 0.640. The Morgan fingerprint density at radius 3 is 2.17 bits per heavy atom. The normalized spacial score (nSPS) is 17.7. The van der Waals surface area contributed by atoms with E-state index < -0.39 is 0 Å². The molecule has 1 nitrogen and oxygen atoms in total. The maximum absolute atomic E-state index is 5.97. The van der Waals surface area contributed by atoms with Crippen LogP contribution in [-0.2, 0) is 0 Å². The van der Waals surface area contributed by atoms with E-state index >= 15 is 0 Å². The lowest BCUT2D eigenvalue weighted by Gasteiger charge is -2.20. The molecule has 0 spiro atoms. The SMILES string of the molecule is C=C/C(C)=C\C(N)C(C)C(C)C. The third-order valence-corrected chi connectivity index (χ3v) is 2.44. The molecule has 2 N–H and O–H groups in total. The van der Waals surface area contributed by atoms with Gasteiger partial charge >= 0.3 is 0 Å². The molecule has 2 unspecified atom stereocenters. The Hall–Kier alpha value is -0.560. The third kappa shape index (κ3) is 3.72. The van der Waals surface area contributed by atoms with Gasteiger partial charge in [0.1, 0.15) is 0 Å². The molecule has 1 heteroatoms. The van der Waals surface area contributed by atoms with Crippen LogP contribution in [-0.4, -0.2) is 6.04 Å². The number of hydrogen-bond donors (Lipinski definition) is 1. The first-order chi connectivity index (χ1) is 5.49. The van der Waals surface area contributed by atoms with E-state index in [1.807, 2.05) is 13.0 Å². The standard InChI is InChI=1S/C11H21N/c1-6-9(4)7-11(12)10(5)8(2)3/h6-8,10-11H,1,12H2,2-5H3/b9-7-. The topological polar surface area (TPSA) is 26.0 Å². The Balaban J connectivity index is 4.20. The van der Waals surface area contributed by atoms with Crippen molar-refractivity contribution in [3.8, 4) is 0 Å². The average molecular weight is 167 g/mol. The summed E-state index contributed by atoms with van der Waals surface area (Å²) in [5, 5.41) is 0. The van der Waals surface area contributed by atoms with Crippen LogP contribution in [0.15, 0.2) is 24.3 Å². The lowest BCUT2D eigenvalue weighted by atomic mass is 9.90. The van der Waals surface area contributed by atoms with Crippen LogP contribution in [0.2, 0.25) is 0 Å². The Morgan fingerprint density at radius 1 is 1.33 bits per heavy atom. The second-order valence-electron chi connectivity index (χ2n) is 3.80. The van der Waals surface area contributed by atoms with Crippen LogP contribution >= 0.6 is 0 Å². The van der Waals surface area contributed by atoms with E-state index in [1.165, 1.54) is 0 Å². The van der Waals surface area contributed by atoms with Gasteiger partial charge in [0.2, 0.25) is 0 Å². The Kier molecular flexibility index (Phi) is 4.91. The number of rotatable bonds is 4. The summed E-state index contributed by atoms with van der Waals surface area (Å²) in [6.07, 6.45) is 3.92. The van der Waals surface area contributed by atoms with Gasteiger partial charge in [0.05, 0.1) is 0 Å². The smallest absolute Gasteiger partial charge is 0.0257 e. The Bertz CT molecular complexity index is 168. The zero-order valence-electron chi connectivity index (χ0n) is 8.67. The van der Waals surface area contributed by atoms with E-state index in [1.54, 1.807) is 0 Å². The first-order valence-corrected chi connectivity index (χ1v) is 4.55. The van der Waals surface area contributed by atoms with Gasteiger partial charge in [-0.25, -0.2) is 0 Å². The highest BCUT2D eigenvalue weighted by Gasteiger charge is 2.13. The fourth-order valence-electron chi connectivity index (χ4n) is 0.968. The predicted molar refractivity (Wildman–Crippen MR) is 55.9 cm³/mol. The van der Waals surface area contributed by atoms with Crippen molar-refractivity contribution >= 4 is 0 Å². The van der Waals surface area contributed by atoms with Gasteiger partial charge < -0.3 is 5.73 Å². The van der Waals surface area contributed by atoms with Crippen LogP contribution < -0.4 is 5.73 Å². The van der Waals surface area contributed by atoms with Gasteiger partial charge in [-0.15, -0.1) is 0 Å². The summed E-state index contributed by atoms with van der Waals surface area (Å²) in [5.41, 5.74) is 7.13. The van der Waals surface area contributed by atoms with Crippen molar-refractivity contribution in [2.24, 2.45) is 17.6 Å². The van der Waals surface area contributed by atoms with Crippen LogP contribution in [0.5, 0.6) is 0 Å². The van der Waals surface area contributed by atoms with Gasteiger partial charge in [0.25, 0.3) is 0 Å². The zero-order valence-corrected chi connectivity index (χ0v) is 8.67. The molecule has 70 valence electrons. The van der Waals surface area contributed by atoms with Crippen LogP contribution in [0.1, 0.15) is 27.7 Å². The van der Waals surface area contributed by atoms with Gasteiger partial charge in [-0.2, -0.15) is 0 Å². The minimum Gasteiger partial charge on any atom is -0.324 e. The lowest BCUT2D eigenvalue weighted by molar-refractivity contribution is 0.383. The van der Waals surface area contributed by atoms with E-state index in [0.717, 1.165) is 5.57 Å². The lowest BCUT2D eigenvalue weighted by Crippen LogP contribution is -2.29. The van der Waals surface area contributed by atoms with Gasteiger partial charge in [-0.3, -0.25) is 0 Å². The molecule has 2 atom stereocenters. The molecule has 0 amide bonds. The zero-order chi connectivity index (χ0) is 9.72. The van der Waals surface area contributed by atoms with Gasteiger partial charge in [-0.05, 0) is 18.8 Å². The fraction of sp³-hybridized carbons (Fsp3) is 0.636. The number of nitrogens with two attached hydrogens (primary N) is 1. The molecule has 12 heavy (non-hydrogen) atoms. The third-order valence-electron chi connectivity index (χ3n) is 2.44. The highest BCUT2D eigenvalue weighted by Crippen LogP contribution is 2.14. The highest BCUT2D eigenvalue weighted by molar-refractivity contribution is 5.15. The molecule has 0 fully saturated rings. The second-order valence-corrected chi connectivity index (χ2v) is 3.80. The first kappa shape index (κ1) is 11.4. The molecule has 0 heterocycles. The van der Waals surface area contributed by atoms with E-state index in [0.29, 0.717) is 11.8 Å². The molecule has 0 aliphatic rings. The monoisotopic (exact) mass is 167 g/mol. The maximum atomic E-state index is 5.97. The Morgan fingerprint density at radius 2 is 1.83 bits per heavy atom. The maximum Gasteiger partial charge on any atom is 0.0257 e. The van der Waals surface area contributed by atoms with Crippen LogP contribution in [0.25, 0.3) is 0 Å². The molecule has 0 saturated heterocycles. The minimum absolute atomic E-state index is 0.156. The molecule has 0 saturated carbocycles. The summed E-state index contributed by atoms with van der Waals surface area (Å²) >= 11 is 0. The van der Waals surface area contributed by atoms with Crippen molar-refractivity contribution in [1.82, 2.24) is 0 Å². The van der Waals surface area contributed by atoms with E-state index in [-0.39, 0.29) is 6.04 Å². The molecular formula is C11H21N. The predicted octanol–water partition coefficient (Wildman–Crippen LogP) is 2.74. The van der Waals surface area contributed by atoms with Crippen molar-refractivity contribution in [3.05, 3.63) is 24.3 Å². The molecular weight excluding hydrogens is 146 g/mol. The van der Waals surface area contributed by atoms with Crippen molar-refractivity contribution in [2.75, 3.05) is 0 Å². The summed E-state index contributed by atoms with van der Waals surface area (Å²) < 4.78 is 0. The summed E-state index contributed by atoms with van der Waals surface area (Å²) in [4.78, 5) is 0. The molecule has 0 aromatic rings. The number of hydrogen-bond acceptors (Lipinski definition) is 1. The van der Waals surface area contributed by atoms with Gasteiger partial charge in [-0.1, -0.05) is 45.1 Å². The van der Waals surface area contributed by atoms with Crippen molar-refractivity contribution < 1.29 is 0 Å². The largest absolute Gasteiger partial charge is 0.324 e. The average Bonchev–Trinajstić information content (AvgIpc) is 2.02. The van der Waals surface area contributed by atoms with Crippen LogP contribution in [0, 0.1) is 11.8 Å². The van der Waals surface area contributed by atoms with Gasteiger partial charge in [0, 0.05) is 6.04 Å². The van der Waals surface area contributed by atoms with Crippen molar-refractivity contribution in [2.45, 2.75) is 33.7 Å². The van der Waals surface area contributed by atoms with E-state index in [2.05, 4.69) is 33.4 Å². The van der Waals surface area contributed by atoms with Crippen molar-refractivity contribution in [1.29, 1.82) is 0 Å². The summed E-state index contributed by atoms with van der Waals surface area (Å²) in [7, 11) is 0. The second kappa shape index (κ2) is 5.15. The summed E-state index contributed by atoms with van der Waals surface area (Å²) in [6.45, 7) is 12.3. The number of allylic oxidation sites excluding steroid dienone is 2. The first-order valence-electron chi connectivity index (χ1n) is 4.55.